The molecule has 6 nitrogen and oxygen atoms in total. The zero-order valence-electron chi connectivity index (χ0n) is 14.8. The summed E-state index contributed by atoms with van der Waals surface area (Å²) in [5, 5.41) is 8.78. The lowest BCUT2D eigenvalue weighted by Gasteiger charge is -2.20. The summed E-state index contributed by atoms with van der Waals surface area (Å²) in [5.41, 5.74) is 1.95. The fraction of sp³-hybridized carbons (Fsp3) is 0.100. The number of nitrogens with zero attached hydrogens (tertiary/aromatic N) is 3. The van der Waals surface area contributed by atoms with Gasteiger partial charge in [0.05, 0.1) is 16.1 Å². The molecule has 0 radical (unpaired) electrons. The van der Waals surface area contributed by atoms with Crippen LogP contribution in [0.3, 0.4) is 0 Å². The minimum Gasteiger partial charge on any atom is -0.439 e. The highest BCUT2D eigenvalue weighted by molar-refractivity contribution is 7.92. The van der Waals surface area contributed by atoms with Gasteiger partial charge in [-0.1, -0.05) is 17.7 Å². The van der Waals surface area contributed by atoms with E-state index in [2.05, 4.69) is 4.98 Å². The lowest BCUT2D eigenvalue weighted by molar-refractivity contribution is 0.463. The Hall–Kier alpha value is -3.37. The van der Waals surface area contributed by atoms with Crippen molar-refractivity contribution in [3.05, 3.63) is 78.0 Å². The first kappa shape index (κ1) is 18.4. The molecule has 0 aliphatic carbocycles. The van der Waals surface area contributed by atoms with Gasteiger partial charge in [-0.25, -0.2) is 13.4 Å². The second-order valence-corrected chi connectivity index (χ2v) is 7.85. The molecule has 0 N–H and O–H groups in total. The number of nitriles is 1. The Labute approximate surface area is 158 Å². The van der Waals surface area contributed by atoms with E-state index in [1.165, 1.54) is 17.5 Å². The van der Waals surface area contributed by atoms with Crippen molar-refractivity contribution >= 4 is 15.7 Å². The summed E-state index contributed by atoms with van der Waals surface area (Å²) >= 11 is 0. The third-order valence-electron chi connectivity index (χ3n) is 3.97. The van der Waals surface area contributed by atoms with Crippen LogP contribution in [0.25, 0.3) is 0 Å². The molecule has 0 atom stereocenters. The topological polar surface area (TPSA) is 83.3 Å². The maximum atomic E-state index is 12.7. The van der Waals surface area contributed by atoms with Gasteiger partial charge in [0.1, 0.15) is 11.8 Å². The van der Waals surface area contributed by atoms with Crippen LogP contribution >= 0.6 is 0 Å². The van der Waals surface area contributed by atoms with Crippen molar-refractivity contribution in [2.24, 2.45) is 0 Å². The molecule has 0 aliphatic rings. The first-order valence-corrected chi connectivity index (χ1v) is 9.54. The minimum absolute atomic E-state index is 0.234. The number of hydrogen-bond acceptors (Lipinski definition) is 5. The number of aromatic nitrogens is 1. The molecule has 7 heteroatoms. The van der Waals surface area contributed by atoms with Crippen molar-refractivity contribution in [1.29, 1.82) is 5.26 Å². The lowest BCUT2D eigenvalue weighted by atomic mass is 10.2. The Morgan fingerprint density at radius 3 is 2.22 bits per heavy atom. The highest BCUT2D eigenvalue weighted by Crippen LogP contribution is 2.26. The Morgan fingerprint density at radius 2 is 1.67 bits per heavy atom. The molecule has 3 aromatic rings. The van der Waals surface area contributed by atoms with Gasteiger partial charge in [-0.05, 0) is 49.4 Å². The second kappa shape index (κ2) is 7.48. The molecule has 3 rings (SSSR count). The van der Waals surface area contributed by atoms with Crippen LogP contribution in [-0.4, -0.2) is 20.4 Å². The number of ether oxygens (including phenoxy) is 1. The number of hydrogen-bond donors (Lipinski definition) is 0. The van der Waals surface area contributed by atoms with Crippen LogP contribution in [0.2, 0.25) is 0 Å². The van der Waals surface area contributed by atoms with Crippen LogP contribution < -0.4 is 9.04 Å². The second-order valence-electron chi connectivity index (χ2n) is 5.88. The predicted octanol–water partition coefficient (Wildman–Crippen LogP) is 3.88. The molecule has 0 aliphatic heterocycles. The van der Waals surface area contributed by atoms with Crippen LogP contribution in [0, 0.1) is 18.3 Å². The molecular weight excluding hydrogens is 362 g/mol. The van der Waals surface area contributed by atoms with Crippen LogP contribution in [0.15, 0.2) is 71.8 Å². The average molecular weight is 379 g/mol. The smallest absolute Gasteiger partial charge is 0.264 e. The highest BCUT2D eigenvalue weighted by atomic mass is 32.2. The van der Waals surface area contributed by atoms with E-state index in [1.807, 2.05) is 13.0 Å². The maximum absolute atomic E-state index is 12.7. The molecule has 27 heavy (non-hydrogen) atoms. The Bertz CT molecular complexity index is 1070. The molecule has 0 saturated carbocycles. The van der Waals surface area contributed by atoms with Gasteiger partial charge in [0, 0.05) is 19.3 Å². The average Bonchev–Trinajstić information content (AvgIpc) is 2.69. The Balaban J connectivity index is 1.77. The van der Waals surface area contributed by atoms with E-state index in [9.17, 15) is 8.42 Å². The summed E-state index contributed by atoms with van der Waals surface area (Å²) in [7, 11) is -2.13. The minimum atomic E-state index is -3.64. The van der Waals surface area contributed by atoms with E-state index in [-0.39, 0.29) is 4.90 Å². The molecule has 1 heterocycles. The summed E-state index contributed by atoms with van der Waals surface area (Å²) in [6.07, 6.45) is 1.42. The predicted molar refractivity (Wildman–Crippen MR) is 102 cm³/mol. The number of rotatable bonds is 5. The summed E-state index contributed by atoms with van der Waals surface area (Å²) < 4.78 is 32.3. The van der Waals surface area contributed by atoms with Gasteiger partial charge < -0.3 is 4.74 Å². The first-order chi connectivity index (χ1) is 12.9. The van der Waals surface area contributed by atoms with Crippen molar-refractivity contribution in [2.45, 2.75) is 11.8 Å². The van der Waals surface area contributed by atoms with E-state index >= 15 is 0 Å². The molecular formula is C20H17N3O3S. The van der Waals surface area contributed by atoms with Crippen molar-refractivity contribution in [2.75, 3.05) is 11.4 Å². The fourth-order valence-corrected chi connectivity index (χ4v) is 3.55. The largest absolute Gasteiger partial charge is 0.439 e. The lowest BCUT2D eigenvalue weighted by Crippen LogP contribution is -2.26. The first-order valence-electron chi connectivity index (χ1n) is 8.10. The Kier molecular flexibility index (Phi) is 5.10. The summed E-state index contributed by atoms with van der Waals surface area (Å²) in [6.45, 7) is 1.90. The summed E-state index contributed by atoms with van der Waals surface area (Å²) in [5.74, 6) is 0.861. The fourth-order valence-electron chi connectivity index (χ4n) is 2.36. The standard InChI is InChI=1S/C20H17N3O3S/c1-15-3-10-19(11-4-15)27(24,25)23(2)17-6-8-18(9-7-17)26-20-12-5-16(13-21)14-22-20/h3-12,14H,1-2H3. The zero-order chi connectivity index (χ0) is 19.4. The SMILES string of the molecule is Cc1ccc(S(=O)(=O)N(C)c2ccc(Oc3ccc(C#N)cn3)cc2)cc1. The highest BCUT2D eigenvalue weighted by Gasteiger charge is 2.21. The number of aryl methyl sites for hydroxylation is 1. The summed E-state index contributed by atoms with van der Waals surface area (Å²) in [6, 6.07) is 18.6. The van der Waals surface area contributed by atoms with Crippen molar-refractivity contribution in [3.63, 3.8) is 0 Å². The Morgan fingerprint density at radius 1 is 1.00 bits per heavy atom. The third kappa shape index (κ3) is 4.07. The van der Waals surface area contributed by atoms with E-state index in [0.29, 0.717) is 22.9 Å². The van der Waals surface area contributed by atoms with Crippen molar-refractivity contribution < 1.29 is 13.2 Å². The van der Waals surface area contributed by atoms with E-state index in [1.54, 1.807) is 60.7 Å². The number of sulfonamides is 1. The molecule has 0 saturated heterocycles. The molecule has 0 amide bonds. The van der Waals surface area contributed by atoms with Gasteiger partial charge in [-0.3, -0.25) is 4.31 Å². The third-order valence-corrected chi connectivity index (χ3v) is 5.77. The molecule has 2 aromatic carbocycles. The van der Waals surface area contributed by atoms with Gasteiger partial charge in [-0.2, -0.15) is 5.26 Å². The molecule has 0 fully saturated rings. The molecule has 136 valence electrons. The summed E-state index contributed by atoms with van der Waals surface area (Å²) in [4.78, 5) is 4.27. The molecule has 0 bridgehead atoms. The van der Waals surface area contributed by atoms with E-state index in [4.69, 9.17) is 10.00 Å². The van der Waals surface area contributed by atoms with Crippen LogP contribution in [0.1, 0.15) is 11.1 Å². The van der Waals surface area contributed by atoms with E-state index in [0.717, 1.165) is 5.56 Å². The van der Waals surface area contributed by atoms with Crippen molar-refractivity contribution in [1.82, 2.24) is 4.98 Å². The zero-order valence-corrected chi connectivity index (χ0v) is 15.6. The van der Waals surface area contributed by atoms with Gasteiger partial charge in [0.25, 0.3) is 10.0 Å². The van der Waals surface area contributed by atoms with Crippen LogP contribution in [-0.2, 0) is 10.0 Å². The normalized spacial score (nSPS) is 10.9. The number of benzene rings is 2. The number of pyridine rings is 1. The maximum Gasteiger partial charge on any atom is 0.264 e. The van der Waals surface area contributed by atoms with Gasteiger partial charge in [0.2, 0.25) is 5.88 Å². The van der Waals surface area contributed by atoms with Crippen LogP contribution in [0.4, 0.5) is 5.69 Å². The quantitative estimate of drug-likeness (QED) is 0.672. The van der Waals surface area contributed by atoms with Gasteiger partial charge in [-0.15, -0.1) is 0 Å². The molecule has 0 unspecified atom stereocenters. The van der Waals surface area contributed by atoms with E-state index < -0.39 is 10.0 Å². The molecule has 0 spiro atoms. The molecule has 1 aromatic heterocycles. The number of anilines is 1. The van der Waals surface area contributed by atoms with Gasteiger partial charge >= 0.3 is 0 Å². The van der Waals surface area contributed by atoms with Crippen LogP contribution in [0.5, 0.6) is 11.6 Å². The monoisotopic (exact) mass is 379 g/mol. The van der Waals surface area contributed by atoms with Crippen molar-refractivity contribution in [3.8, 4) is 17.7 Å². The van der Waals surface area contributed by atoms with Gasteiger partial charge in [0.15, 0.2) is 0 Å².